The predicted molar refractivity (Wildman–Crippen MR) is 106 cm³/mol. The molecular weight excluding hydrogens is 354 g/mol. The molecule has 2 N–H and O–H groups in total. The molecule has 0 spiro atoms. The van der Waals surface area contributed by atoms with E-state index in [4.69, 9.17) is 0 Å². The lowest BCUT2D eigenvalue weighted by Gasteiger charge is -2.16. The molecule has 0 radical (unpaired) electrons. The Kier molecular flexibility index (Phi) is 5.10. The lowest BCUT2D eigenvalue weighted by Crippen LogP contribution is -2.27. The molecule has 2 aromatic rings. The molecule has 1 aliphatic carbocycles. The molecule has 3 amide bonds. The average Bonchev–Trinajstić information content (AvgIpc) is 3.43. The van der Waals surface area contributed by atoms with E-state index < -0.39 is 0 Å². The van der Waals surface area contributed by atoms with E-state index in [-0.39, 0.29) is 23.8 Å². The molecule has 0 atom stereocenters. The maximum absolute atomic E-state index is 12.8. The van der Waals surface area contributed by atoms with Gasteiger partial charge in [-0.1, -0.05) is 24.3 Å². The second-order valence-corrected chi connectivity index (χ2v) is 7.37. The molecule has 1 aliphatic heterocycles. The first-order valence-corrected chi connectivity index (χ1v) is 9.68. The zero-order valence-electron chi connectivity index (χ0n) is 15.6. The van der Waals surface area contributed by atoms with Gasteiger partial charge in [-0.2, -0.15) is 0 Å². The van der Waals surface area contributed by atoms with E-state index in [2.05, 4.69) is 10.6 Å². The summed E-state index contributed by atoms with van der Waals surface area (Å²) < 4.78 is 0. The van der Waals surface area contributed by atoms with Gasteiger partial charge in [0.2, 0.25) is 5.91 Å². The van der Waals surface area contributed by atoms with Crippen molar-refractivity contribution in [2.24, 2.45) is 0 Å². The number of hydrogen-bond acceptors (Lipinski definition) is 3. The van der Waals surface area contributed by atoms with Crippen LogP contribution in [-0.2, 0) is 11.3 Å². The van der Waals surface area contributed by atoms with Gasteiger partial charge in [0.1, 0.15) is 0 Å². The van der Waals surface area contributed by atoms with Crippen LogP contribution in [0.3, 0.4) is 0 Å². The maximum atomic E-state index is 12.8. The highest BCUT2D eigenvalue weighted by Crippen LogP contribution is 2.22. The SMILES string of the molecule is O=C(Nc1ccccc1C(=O)NC1CC1)c1cccc(CN2CCCC2=O)c1. The third kappa shape index (κ3) is 4.22. The molecule has 0 bridgehead atoms. The van der Waals surface area contributed by atoms with Crippen LogP contribution >= 0.6 is 0 Å². The number of nitrogens with one attached hydrogen (secondary N) is 2. The van der Waals surface area contributed by atoms with Crippen LogP contribution in [0.1, 0.15) is 52.0 Å². The van der Waals surface area contributed by atoms with Gasteiger partial charge in [-0.3, -0.25) is 14.4 Å². The van der Waals surface area contributed by atoms with E-state index in [1.54, 1.807) is 36.4 Å². The van der Waals surface area contributed by atoms with Gasteiger partial charge in [-0.25, -0.2) is 0 Å². The van der Waals surface area contributed by atoms with E-state index in [0.29, 0.717) is 29.8 Å². The number of carbonyl (C=O) groups is 3. The molecule has 1 saturated carbocycles. The lowest BCUT2D eigenvalue weighted by atomic mass is 10.1. The summed E-state index contributed by atoms with van der Waals surface area (Å²) >= 11 is 0. The highest BCUT2D eigenvalue weighted by atomic mass is 16.2. The molecule has 6 nitrogen and oxygen atoms in total. The molecule has 4 rings (SSSR count). The third-order valence-electron chi connectivity index (χ3n) is 5.07. The molecule has 1 heterocycles. The van der Waals surface area contributed by atoms with E-state index >= 15 is 0 Å². The van der Waals surface area contributed by atoms with Gasteiger partial charge in [0.15, 0.2) is 0 Å². The minimum absolute atomic E-state index is 0.158. The van der Waals surface area contributed by atoms with Crippen molar-refractivity contribution in [3.05, 3.63) is 65.2 Å². The second-order valence-electron chi connectivity index (χ2n) is 7.37. The van der Waals surface area contributed by atoms with Crippen LogP contribution in [0.4, 0.5) is 5.69 Å². The molecule has 0 unspecified atom stereocenters. The van der Waals surface area contributed by atoms with Crippen LogP contribution in [0, 0.1) is 0 Å². The second kappa shape index (κ2) is 7.84. The van der Waals surface area contributed by atoms with Crippen molar-refractivity contribution >= 4 is 23.4 Å². The van der Waals surface area contributed by atoms with Crippen molar-refractivity contribution in [3.63, 3.8) is 0 Å². The van der Waals surface area contributed by atoms with Crippen LogP contribution in [0.25, 0.3) is 0 Å². The number of carbonyl (C=O) groups excluding carboxylic acids is 3. The van der Waals surface area contributed by atoms with Gasteiger partial charge in [0.25, 0.3) is 11.8 Å². The van der Waals surface area contributed by atoms with Crippen LogP contribution in [0.15, 0.2) is 48.5 Å². The Morgan fingerprint density at radius 3 is 2.61 bits per heavy atom. The Morgan fingerprint density at radius 1 is 1.04 bits per heavy atom. The largest absolute Gasteiger partial charge is 0.349 e. The first kappa shape index (κ1) is 18.2. The molecule has 6 heteroatoms. The number of hydrogen-bond donors (Lipinski definition) is 2. The van der Waals surface area contributed by atoms with Crippen molar-refractivity contribution in [2.75, 3.05) is 11.9 Å². The normalized spacial score (nSPS) is 16.1. The van der Waals surface area contributed by atoms with Crippen LogP contribution in [-0.4, -0.2) is 35.2 Å². The number of amides is 3. The molecule has 2 aliphatic rings. The number of para-hydroxylation sites is 1. The molecule has 2 aromatic carbocycles. The summed E-state index contributed by atoms with van der Waals surface area (Å²) in [6.45, 7) is 1.28. The maximum Gasteiger partial charge on any atom is 0.255 e. The molecule has 1 saturated heterocycles. The quantitative estimate of drug-likeness (QED) is 0.812. The van der Waals surface area contributed by atoms with E-state index in [0.717, 1.165) is 31.4 Å². The fourth-order valence-corrected chi connectivity index (χ4v) is 3.38. The Hall–Kier alpha value is -3.15. The summed E-state index contributed by atoms with van der Waals surface area (Å²) in [5.74, 6) is -0.286. The zero-order valence-corrected chi connectivity index (χ0v) is 15.6. The average molecular weight is 377 g/mol. The fraction of sp³-hybridized carbons (Fsp3) is 0.318. The van der Waals surface area contributed by atoms with Gasteiger partial charge in [-0.15, -0.1) is 0 Å². The fourth-order valence-electron chi connectivity index (χ4n) is 3.38. The Morgan fingerprint density at radius 2 is 1.86 bits per heavy atom. The molecular formula is C22H23N3O3. The molecule has 0 aromatic heterocycles. The van der Waals surface area contributed by atoms with Gasteiger partial charge in [-0.05, 0) is 49.1 Å². The molecule has 28 heavy (non-hydrogen) atoms. The van der Waals surface area contributed by atoms with E-state index in [9.17, 15) is 14.4 Å². The minimum atomic E-state index is -0.277. The Balaban J connectivity index is 1.47. The minimum Gasteiger partial charge on any atom is -0.349 e. The van der Waals surface area contributed by atoms with Gasteiger partial charge in [0.05, 0.1) is 11.3 Å². The van der Waals surface area contributed by atoms with E-state index in [1.807, 2.05) is 17.0 Å². The topological polar surface area (TPSA) is 78.5 Å². The summed E-state index contributed by atoms with van der Waals surface area (Å²) in [5, 5.41) is 5.80. The summed E-state index contributed by atoms with van der Waals surface area (Å²) in [6, 6.07) is 14.5. The number of likely N-dealkylation sites (tertiary alicyclic amines) is 1. The first-order valence-electron chi connectivity index (χ1n) is 9.68. The summed E-state index contributed by atoms with van der Waals surface area (Å²) in [5.41, 5.74) is 2.37. The van der Waals surface area contributed by atoms with Crippen LogP contribution < -0.4 is 10.6 Å². The van der Waals surface area contributed by atoms with Crippen LogP contribution in [0.2, 0.25) is 0 Å². The Labute approximate surface area is 163 Å². The third-order valence-corrected chi connectivity index (χ3v) is 5.07. The monoisotopic (exact) mass is 377 g/mol. The highest BCUT2D eigenvalue weighted by molar-refractivity contribution is 6.09. The van der Waals surface area contributed by atoms with Gasteiger partial charge < -0.3 is 15.5 Å². The lowest BCUT2D eigenvalue weighted by molar-refractivity contribution is -0.128. The van der Waals surface area contributed by atoms with Crippen molar-refractivity contribution < 1.29 is 14.4 Å². The summed E-state index contributed by atoms with van der Waals surface area (Å²) in [6.07, 6.45) is 3.50. The smallest absolute Gasteiger partial charge is 0.255 e. The van der Waals surface area contributed by atoms with Crippen molar-refractivity contribution in [2.45, 2.75) is 38.3 Å². The van der Waals surface area contributed by atoms with E-state index in [1.165, 1.54) is 0 Å². The summed E-state index contributed by atoms with van der Waals surface area (Å²) in [4.78, 5) is 38.8. The van der Waals surface area contributed by atoms with Crippen molar-refractivity contribution in [1.82, 2.24) is 10.2 Å². The number of rotatable bonds is 6. The van der Waals surface area contributed by atoms with Crippen molar-refractivity contribution in [3.8, 4) is 0 Å². The zero-order chi connectivity index (χ0) is 19.5. The highest BCUT2D eigenvalue weighted by Gasteiger charge is 2.25. The molecule has 144 valence electrons. The number of benzene rings is 2. The van der Waals surface area contributed by atoms with Crippen molar-refractivity contribution in [1.29, 1.82) is 0 Å². The van der Waals surface area contributed by atoms with Crippen LogP contribution in [0.5, 0.6) is 0 Å². The number of nitrogens with zero attached hydrogens (tertiary/aromatic N) is 1. The molecule has 2 fully saturated rings. The first-order chi connectivity index (χ1) is 13.6. The summed E-state index contributed by atoms with van der Waals surface area (Å²) in [7, 11) is 0. The predicted octanol–water partition coefficient (Wildman–Crippen LogP) is 2.95. The van der Waals surface area contributed by atoms with Gasteiger partial charge >= 0.3 is 0 Å². The number of anilines is 1. The standard InChI is InChI=1S/C22H23N3O3/c26-20-9-4-12-25(20)14-15-5-3-6-16(13-15)21(27)24-19-8-2-1-7-18(19)22(28)23-17-10-11-17/h1-3,5-8,13,17H,4,9-12,14H2,(H,23,28)(H,24,27). The van der Waals surface area contributed by atoms with Gasteiger partial charge in [0, 0.05) is 31.1 Å². The Bertz CT molecular complexity index is 921.